The minimum Gasteiger partial charge on any atom is -0.497 e. The van der Waals surface area contributed by atoms with Crippen LogP contribution < -0.4 is 15.6 Å². The molecule has 0 aromatic heterocycles. The Kier molecular flexibility index (Phi) is 4.48. The van der Waals surface area contributed by atoms with Gasteiger partial charge < -0.3 is 4.74 Å². The second-order valence-electron chi connectivity index (χ2n) is 4.24. The van der Waals surface area contributed by atoms with E-state index in [4.69, 9.17) is 16.3 Å². The number of rotatable bonds is 4. The molecule has 2 aromatic rings. The summed E-state index contributed by atoms with van der Waals surface area (Å²) in [4.78, 5) is 12.0. The first-order valence-electron chi connectivity index (χ1n) is 6.07. The molecule has 2 N–H and O–H groups in total. The summed E-state index contributed by atoms with van der Waals surface area (Å²) >= 11 is 6.07. The van der Waals surface area contributed by atoms with E-state index in [-0.39, 0.29) is 5.91 Å². The molecule has 0 radical (unpaired) electrons. The molecule has 0 spiro atoms. The van der Waals surface area contributed by atoms with E-state index >= 15 is 0 Å². The summed E-state index contributed by atoms with van der Waals surface area (Å²) in [6, 6.07) is 12.4. The van der Waals surface area contributed by atoms with Gasteiger partial charge >= 0.3 is 0 Å². The second kappa shape index (κ2) is 6.30. The van der Waals surface area contributed by atoms with Crippen molar-refractivity contribution in [2.24, 2.45) is 0 Å². The van der Waals surface area contributed by atoms with Gasteiger partial charge in [-0.2, -0.15) is 0 Å². The van der Waals surface area contributed by atoms with Crippen molar-refractivity contribution in [3.63, 3.8) is 0 Å². The number of methoxy groups -OCH3 is 1. The maximum absolute atomic E-state index is 12.0. The lowest BCUT2D eigenvalue weighted by Crippen LogP contribution is -2.29. The van der Waals surface area contributed by atoms with Crippen LogP contribution in [0.4, 0.5) is 5.69 Å². The highest BCUT2D eigenvalue weighted by molar-refractivity contribution is 6.33. The van der Waals surface area contributed by atoms with Gasteiger partial charge in [0.05, 0.1) is 17.8 Å². The molecular formula is C15H15ClN2O2. The monoisotopic (exact) mass is 290 g/mol. The van der Waals surface area contributed by atoms with Gasteiger partial charge in [0.25, 0.3) is 5.91 Å². The number of carbonyl (C=O) groups is 1. The molecule has 4 nitrogen and oxygen atoms in total. The maximum atomic E-state index is 12.0. The summed E-state index contributed by atoms with van der Waals surface area (Å²) in [5.41, 5.74) is 7.64. The number of para-hydroxylation sites is 1. The molecule has 0 aliphatic rings. The van der Waals surface area contributed by atoms with Gasteiger partial charge in [0.1, 0.15) is 5.75 Å². The molecule has 0 fully saturated rings. The number of anilines is 1. The van der Waals surface area contributed by atoms with Crippen LogP contribution in [0.15, 0.2) is 42.5 Å². The zero-order valence-electron chi connectivity index (χ0n) is 11.2. The SMILES string of the molecule is COc1ccc(C(=O)NNc2c(C)cccc2Cl)cc1. The Labute approximate surface area is 122 Å². The molecule has 1 amide bonds. The van der Waals surface area contributed by atoms with Crippen molar-refractivity contribution in [2.45, 2.75) is 6.92 Å². The molecule has 5 heteroatoms. The number of ether oxygens (including phenoxy) is 1. The van der Waals surface area contributed by atoms with E-state index in [2.05, 4.69) is 10.9 Å². The molecule has 0 saturated carbocycles. The van der Waals surface area contributed by atoms with Crippen molar-refractivity contribution < 1.29 is 9.53 Å². The van der Waals surface area contributed by atoms with Gasteiger partial charge in [0.2, 0.25) is 0 Å². The lowest BCUT2D eigenvalue weighted by Gasteiger charge is -2.12. The van der Waals surface area contributed by atoms with Crippen LogP contribution in [0, 0.1) is 6.92 Å². The van der Waals surface area contributed by atoms with Gasteiger partial charge in [-0.15, -0.1) is 0 Å². The molecule has 0 saturated heterocycles. The normalized spacial score (nSPS) is 9.95. The van der Waals surface area contributed by atoms with Crippen molar-refractivity contribution in [1.82, 2.24) is 5.43 Å². The third-order valence-corrected chi connectivity index (χ3v) is 3.19. The van der Waals surface area contributed by atoms with E-state index in [0.29, 0.717) is 22.0 Å². The maximum Gasteiger partial charge on any atom is 0.269 e. The van der Waals surface area contributed by atoms with E-state index < -0.39 is 0 Å². The topological polar surface area (TPSA) is 50.4 Å². The van der Waals surface area contributed by atoms with Gasteiger partial charge in [-0.25, -0.2) is 0 Å². The minimum atomic E-state index is -0.244. The van der Waals surface area contributed by atoms with Crippen LogP contribution in [0.25, 0.3) is 0 Å². The lowest BCUT2D eigenvalue weighted by atomic mass is 10.2. The van der Waals surface area contributed by atoms with Crippen LogP contribution >= 0.6 is 11.6 Å². The Bertz CT molecular complexity index is 592. The Morgan fingerprint density at radius 2 is 1.85 bits per heavy atom. The van der Waals surface area contributed by atoms with Crippen LogP contribution in [0.3, 0.4) is 0 Å². The van der Waals surface area contributed by atoms with Crippen LogP contribution in [-0.4, -0.2) is 13.0 Å². The number of nitrogens with one attached hydrogen (secondary N) is 2. The predicted octanol–water partition coefficient (Wildman–Crippen LogP) is 3.41. The quantitative estimate of drug-likeness (QED) is 0.849. The first-order chi connectivity index (χ1) is 9.61. The van der Waals surface area contributed by atoms with Crippen molar-refractivity contribution in [3.8, 4) is 5.75 Å². The van der Waals surface area contributed by atoms with Gasteiger partial charge in [0.15, 0.2) is 0 Å². The highest BCUT2D eigenvalue weighted by atomic mass is 35.5. The summed E-state index contributed by atoms with van der Waals surface area (Å²) in [6.07, 6.45) is 0. The van der Waals surface area contributed by atoms with E-state index in [9.17, 15) is 4.79 Å². The largest absolute Gasteiger partial charge is 0.497 e. The standard InChI is InChI=1S/C15H15ClN2O2/c1-10-4-3-5-13(16)14(10)17-18-15(19)11-6-8-12(20-2)9-7-11/h3-9,17H,1-2H3,(H,18,19). The summed E-state index contributed by atoms with van der Waals surface area (Å²) in [6.45, 7) is 1.91. The van der Waals surface area contributed by atoms with E-state index in [0.717, 1.165) is 5.56 Å². The summed E-state index contributed by atoms with van der Waals surface area (Å²) in [5, 5.41) is 0.556. The fourth-order valence-corrected chi connectivity index (χ4v) is 1.99. The highest BCUT2D eigenvalue weighted by Gasteiger charge is 2.07. The van der Waals surface area contributed by atoms with E-state index in [1.807, 2.05) is 19.1 Å². The molecule has 0 atom stereocenters. The van der Waals surface area contributed by atoms with Crippen molar-refractivity contribution in [3.05, 3.63) is 58.6 Å². The number of hydrogen-bond donors (Lipinski definition) is 2. The van der Waals surface area contributed by atoms with Crippen LogP contribution in [0.2, 0.25) is 5.02 Å². The fraction of sp³-hybridized carbons (Fsp3) is 0.133. The molecule has 20 heavy (non-hydrogen) atoms. The summed E-state index contributed by atoms with van der Waals surface area (Å²) in [7, 11) is 1.58. The Balaban J connectivity index is 2.04. The summed E-state index contributed by atoms with van der Waals surface area (Å²) in [5.74, 6) is 0.462. The molecule has 0 bridgehead atoms. The Morgan fingerprint density at radius 3 is 2.45 bits per heavy atom. The van der Waals surface area contributed by atoms with Crippen LogP contribution in [-0.2, 0) is 0 Å². The average molecular weight is 291 g/mol. The third kappa shape index (κ3) is 3.22. The van der Waals surface area contributed by atoms with Crippen molar-refractivity contribution >= 4 is 23.2 Å². The number of hydrazine groups is 1. The highest BCUT2D eigenvalue weighted by Crippen LogP contribution is 2.24. The van der Waals surface area contributed by atoms with Gasteiger partial charge in [0, 0.05) is 5.56 Å². The van der Waals surface area contributed by atoms with Crippen molar-refractivity contribution in [1.29, 1.82) is 0 Å². The van der Waals surface area contributed by atoms with E-state index in [1.54, 1.807) is 37.4 Å². The zero-order valence-corrected chi connectivity index (χ0v) is 12.0. The zero-order chi connectivity index (χ0) is 14.5. The number of halogens is 1. The van der Waals surface area contributed by atoms with Gasteiger partial charge in [-0.05, 0) is 42.8 Å². The molecule has 0 aliphatic heterocycles. The number of aryl methyl sites for hydroxylation is 1. The molecule has 0 unspecified atom stereocenters. The van der Waals surface area contributed by atoms with Gasteiger partial charge in [-0.3, -0.25) is 15.6 Å². The number of carbonyl (C=O) groups excluding carboxylic acids is 1. The Morgan fingerprint density at radius 1 is 1.15 bits per heavy atom. The number of hydrogen-bond acceptors (Lipinski definition) is 3. The Hall–Kier alpha value is -2.20. The minimum absolute atomic E-state index is 0.244. The number of benzene rings is 2. The molecule has 2 aromatic carbocycles. The molecular weight excluding hydrogens is 276 g/mol. The average Bonchev–Trinajstić information content (AvgIpc) is 2.46. The smallest absolute Gasteiger partial charge is 0.269 e. The van der Waals surface area contributed by atoms with Crippen LogP contribution in [0.5, 0.6) is 5.75 Å². The molecule has 2 rings (SSSR count). The molecule has 0 heterocycles. The second-order valence-corrected chi connectivity index (χ2v) is 4.65. The van der Waals surface area contributed by atoms with E-state index in [1.165, 1.54) is 0 Å². The van der Waals surface area contributed by atoms with Gasteiger partial charge in [-0.1, -0.05) is 23.7 Å². The predicted molar refractivity (Wildman–Crippen MR) is 80.3 cm³/mol. The van der Waals surface area contributed by atoms with Crippen molar-refractivity contribution in [2.75, 3.05) is 12.5 Å². The fourth-order valence-electron chi connectivity index (χ4n) is 1.72. The first kappa shape index (κ1) is 14.2. The third-order valence-electron chi connectivity index (χ3n) is 2.88. The first-order valence-corrected chi connectivity index (χ1v) is 6.45. The summed E-state index contributed by atoms with van der Waals surface area (Å²) < 4.78 is 5.04. The molecule has 104 valence electrons. The lowest BCUT2D eigenvalue weighted by molar-refractivity contribution is 0.0962. The number of amides is 1. The van der Waals surface area contributed by atoms with Crippen LogP contribution in [0.1, 0.15) is 15.9 Å². The molecule has 0 aliphatic carbocycles.